The lowest BCUT2D eigenvalue weighted by Crippen LogP contribution is -2.24. The van der Waals surface area contributed by atoms with Crippen molar-refractivity contribution in [2.45, 2.75) is 52.2 Å². The maximum absolute atomic E-state index is 13.0. The molecule has 8 heteroatoms. The highest BCUT2D eigenvalue weighted by Gasteiger charge is 2.16. The molecule has 0 unspecified atom stereocenters. The normalized spacial score (nSPS) is 14.6. The van der Waals surface area contributed by atoms with E-state index in [1.165, 1.54) is 31.2 Å². The molecular weight excluding hydrogens is 452 g/mol. The van der Waals surface area contributed by atoms with Gasteiger partial charge in [0.15, 0.2) is 5.69 Å². The van der Waals surface area contributed by atoms with E-state index in [1.807, 2.05) is 44.4 Å². The van der Waals surface area contributed by atoms with Crippen LogP contribution >= 0.6 is 0 Å². The number of aromatic nitrogens is 4. The first-order valence-electron chi connectivity index (χ1n) is 12.6. The lowest BCUT2D eigenvalue weighted by molar-refractivity contribution is 0.102. The number of amides is 1. The molecule has 1 amide bonds. The highest BCUT2D eigenvalue weighted by atomic mass is 16.5. The Kier molecular flexibility index (Phi) is 7.23. The molecule has 1 saturated heterocycles. The lowest BCUT2D eigenvalue weighted by Gasteiger charge is -2.19. The predicted octanol–water partition coefficient (Wildman–Crippen LogP) is 5.44. The van der Waals surface area contributed by atoms with Gasteiger partial charge in [-0.15, -0.1) is 0 Å². The summed E-state index contributed by atoms with van der Waals surface area (Å²) in [6.45, 7) is 7.09. The molecule has 5 rings (SSSR count). The number of hydrogen-bond donors (Lipinski definition) is 2. The van der Waals surface area contributed by atoms with Crippen LogP contribution in [0.25, 0.3) is 22.0 Å². The molecule has 0 bridgehead atoms. The predicted molar refractivity (Wildman–Crippen MR) is 141 cm³/mol. The van der Waals surface area contributed by atoms with Gasteiger partial charge in [0.05, 0.1) is 23.5 Å². The number of nitrogens with one attached hydrogen (secondary N) is 2. The molecule has 4 heterocycles. The number of ether oxygens (including phenoxy) is 1. The van der Waals surface area contributed by atoms with E-state index in [4.69, 9.17) is 4.74 Å². The number of anilines is 1. The summed E-state index contributed by atoms with van der Waals surface area (Å²) in [6, 6.07) is 11.7. The maximum atomic E-state index is 13.0. The summed E-state index contributed by atoms with van der Waals surface area (Å²) in [7, 11) is 0. The number of pyridine rings is 2. The van der Waals surface area contributed by atoms with Crippen LogP contribution in [0.3, 0.4) is 0 Å². The van der Waals surface area contributed by atoms with Crippen LogP contribution < -0.4 is 10.1 Å². The average molecular weight is 485 g/mol. The Balaban J connectivity index is 1.34. The third-order valence-electron chi connectivity index (χ3n) is 6.36. The fourth-order valence-electron chi connectivity index (χ4n) is 4.61. The van der Waals surface area contributed by atoms with Gasteiger partial charge in [-0.1, -0.05) is 18.9 Å². The van der Waals surface area contributed by atoms with Crippen molar-refractivity contribution in [2.75, 3.05) is 18.4 Å². The van der Waals surface area contributed by atoms with Gasteiger partial charge in [0, 0.05) is 36.0 Å². The molecule has 8 nitrogen and oxygen atoms in total. The molecule has 36 heavy (non-hydrogen) atoms. The molecule has 1 fully saturated rings. The first-order valence-corrected chi connectivity index (χ1v) is 12.6. The average Bonchev–Trinajstić information content (AvgIpc) is 3.13. The summed E-state index contributed by atoms with van der Waals surface area (Å²) in [5.74, 6) is 0.218. The molecule has 4 aromatic rings. The van der Waals surface area contributed by atoms with E-state index in [-0.39, 0.29) is 12.0 Å². The van der Waals surface area contributed by atoms with Crippen molar-refractivity contribution in [3.8, 4) is 17.0 Å². The van der Waals surface area contributed by atoms with Gasteiger partial charge < -0.3 is 10.1 Å². The zero-order valence-corrected chi connectivity index (χ0v) is 20.8. The van der Waals surface area contributed by atoms with E-state index >= 15 is 0 Å². The van der Waals surface area contributed by atoms with Crippen LogP contribution in [-0.2, 0) is 6.54 Å². The van der Waals surface area contributed by atoms with Gasteiger partial charge in [0.1, 0.15) is 0 Å². The van der Waals surface area contributed by atoms with Crippen LogP contribution in [0.1, 0.15) is 55.6 Å². The number of nitrogens with zero attached hydrogens (tertiary/aromatic N) is 4. The Morgan fingerprint density at radius 1 is 1.03 bits per heavy atom. The smallest absolute Gasteiger partial charge is 0.276 e. The van der Waals surface area contributed by atoms with Crippen LogP contribution in [0.5, 0.6) is 5.88 Å². The number of aromatic amines is 1. The van der Waals surface area contributed by atoms with Crippen LogP contribution in [0.2, 0.25) is 0 Å². The number of likely N-dealkylation sites (tertiary alicyclic amines) is 1. The van der Waals surface area contributed by atoms with Gasteiger partial charge in [-0.25, -0.2) is 4.98 Å². The molecule has 186 valence electrons. The van der Waals surface area contributed by atoms with Crippen LogP contribution in [0.4, 0.5) is 5.69 Å². The van der Waals surface area contributed by atoms with E-state index in [1.54, 1.807) is 18.3 Å². The van der Waals surface area contributed by atoms with Crippen LogP contribution in [0, 0.1) is 0 Å². The van der Waals surface area contributed by atoms with Crippen molar-refractivity contribution in [1.82, 2.24) is 25.1 Å². The first-order chi connectivity index (χ1) is 17.5. The lowest BCUT2D eigenvalue weighted by atomic mass is 10.0. The largest absolute Gasteiger partial charge is 0.475 e. The second kappa shape index (κ2) is 10.9. The second-order valence-electron chi connectivity index (χ2n) is 9.61. The SMILES string of the molecule is CC(C)Oc1ccc(NC(=O)c2n[nH]c3ccc(-c4cncc(CN5CCCCCC5)c4)cc23)cn1. The molecule has 1 aliphatic rings. The van der Waals surface area contributed by atoms with Crippen molar-refractivity contribution in [1.29, 1.82) is 0 Å². The number of carbonyl (C=O) groups is 1. The monoisotopic (exact) mass is 484 g/mol. The van der Waals surface area contributed by atoms with Gasteiger partial charge in [-0.2, -0.15) is 5.10 Å². The van der Waals surface area contributed by atoms with Crippen molar-refractivity contribution in [3.05, 3.63) is 66.2 Å². The van der Waals surface area contributed by atoms with E-state index in [0.717, 1.165) is 41.7 Å². The highest BCUT2D eigenvalue weighted by molar-refractivity contribution is 6.11. The fraction of sp³-hybridized carbons (Fsp3) is 0.357. The maximum Gasteiger partial charge on any atom is 0.276 e. The van der Waals surface area contributed by atoms with Crippen LogP contribution in [-0.4, -0.2) is 50.2 Å². The molecule has 1 aliphatic heterocycles. The molecule has 3 aromatic heterocycles. The van der Waals surface area contributed by atoms with Crippen molar-refractivity contribution >= 4 is 22.5 Å². The quantitative estimate of drug-likeness (QED) is 0.363. The van der Waals surface area contributed by atoms with Crippen LogP contribution in [0.15, 0.2) is 55.0 Å². The Hall–Kier alpha value is -3.78. The third-order valence-corrected chi connectivity index (χ3v) is 6.36. The molecular formula is C28H32N6O2. The van der Waals surface area contributed by atoms with E-state index in [0.29, 0.717) is 17.3 Å². The molecule has 0 atom stereocenters. The molecule has 0 saturated carbocycles. The summed E-state index contributed by atoms with van der Waals surface area (Å²) in [5, 5.41) is 10.9. The number of H-pyrrole nitrogens is 1. The van der Waals surface area contributed by atoms with Gasteiger partial charge >= 0.3 is 0 Å². The summed E-state index contributed by atoms with van der Waals surface area (Å²) in [6.07, 6.45) is 10.6. The van der Waals surface area contributed by atoms with Crippen molar-refractivity contribution in [3.63, 3.8) is 0 Å². The summed E-state index contributed by atoms with van der Waals surface area (Å²) in [4.78, 5) is 24.3. The third kappa shape index (κ3) is 5.71. The van der Waals surface area contributed by atoms with Crippen molar-refractivity contribution < 1.29 is 9.53 Å². The summed E-state index contributed by atoms with van der Waals surface area (Å²) in [5.41, 5.74) is 4.95. The zero-order chi connectivity index (χ0) is 24.9. The summed E-state index contributed by atoms with van der Waals surface area (Å²) >= 11 is 0. The fourth-order valence-corrected chi connectivity index (χ4v) is 4.61. The van der Waals surface area contributed by atoms with Gasteiger partial charge in [0.2, 0.25) is 5.88 Å². The van der Waals surface area contributed by atoms with Gasteiger partial charge in [-0.3, -0.25) is 19.8 Å². The number of carbonyl (C=O) groups excluding carboxylic acids is 1. The first kappa shape index (κ1) is 23.9. The van der Waals surface area contributed by atoms with Crippen molar-refractivity contribution in [2.24, 2.45) is 0 Å². The topological polar surface area (TPSA) is 96.0 Å². The number of hydrogen-bond acceptors (Lipinski definition) is 6. The highest BCUT2D eigenvalue weighted by Crippen LogP contribution is 2.27. The molecule has 2 N–H and O–H groups in total. The van der Waals surface area contributed by atoms with E-state index < -0.39 is 0 Å². The Bertz CT molecular complexity index is 1320. The summed E-state index contributed by atoms with van der Waals surface area (Å²) < 4.78 is 5.57. The molecule has 1 aromatic carbocycles. The zero-order valence-electron chi connectivity index (χ0n) is 20.8. The minimum absolute atomic E-state index is 0.0350. The minimum atomic E-state index is -0.300. The number of rotatable bonds is 7. The number of fused-ring (bicyclic) bond motifs is 1. The Morgan fingerprint density at radius 2 is 1.86 bits per heavy atom. The van der Waals surface area contributed by atoms with Gasteiger partial charge in [-0.05, 0) is 75.2 Å². The second-order valence-corrected chi connectivity index (χ2v) is 9.61. The standard InChI is InChI=1S/C28H32N6O2/c1-19(2)36-26-10-8-23(17-30-26)31-28(35)27-24-14-21(7-9-25(24)32-33-27)22-13-20(15-29-16-22)18-34-11-5-3-4-6-12-34/h7-10,13-17,19H,3-6,11-12,18H2,1-2H3,(H,31,35)(H,32,33). The van der Waals surface area contributed by atoms with Gasteiger partial charge in [0.25, 0.3) is 5.91 Å². The number of benzene rings is 1. The molecule has 0 spiro atoms. The molecule has 0 aliphatic carbocycles. The Labute approximate surface area is 211 Å². The Morgan fingerprint density at radius 3 is 2.61 bits per heavy atom. The van der Waals surface area contributed by atoms with E-state index in [2.05, 4.69) is 36.4 Å². The minimum Gasteiger partial charge on any atom is -0.475 e. The molecule has 0 radical (unpaired) electrons. The van der Waals surface area contributed by atoms with E-state index in [9.17, 15) is 4.79 Å².